The predicted octanol–water partition coefficient (Wildman–Crippen LogP) is 0.533. The van der Waals surface area contributed by atoms with Crippen molar-refractivity contribution in [2.75, 3.05) is 0 Å². The molecule has 1 aliphatic carbocycles. The number of Topliss-reactive ketones (excluding diaryl/α,β-unsaturated/α-hetero) is 1. The summed E-state index contributed by atoms with van der Waals surface area (Å²) in [5, 5.41) is 34.1. The van der Waals surface area contributed by atoms with E-state index in [1.807, 2.05) is 6.92 Å². The van der Waals surface area contributed by atoms with E-state index in [9.17, 15) is 58.2 Å². The third kappa shape index (κ3) is 17.7. The molecule has 19 heteroatoms. The summed E-state index contributed by atoms with van der Waals surface area (Å²) >= 11 is 0. The molecular formula is C42H63N7O12. The number of rotatable bonds is 26. The lowest BCUT2D eigenvalue weighted by atomic mass is 9.85. The monoisotopic (exact) mass is 857 g/mol. The largest absolute Gasteiger partial charge is 0.481 e. The smallest absolute Gasteiger partial charge is 0.305 e. The number of carboxylic acid groups (broad SMARTS) is 2. The van der Waals surface area contributed by atoms with Gasteiger partial charge in [-0.25, -0.2) is 0 Å². The molecule has 0 aliphatic heterocycles. The Bertz CT molecular complexity index is 1790. The maximum absolute atomic E-state index is 14.3. The second-order valence-corrected chi connectivity index (χ2v) is 17.0. The zero-order valence-corrected chi connectivity index (χ0v) is 36.1. The van der Waals surface area contributed by atoms with E-state index in [1.54, 1.807) is 65.8 Å². The number of carbonyl (C=O) groups excluding carboxylic acids is 8. The first-order valence-electron chi connectivity index (χ1n) is 20.6. The molecule has 0 radical (unpaired) electrons. The topological polar surface area (TPSA) is 309 Å². The summed E-state index contributed by atoms with van der Waals surface area (Å²) in [7, 11) is 0. The van der Waals surface area contributed by atoms with Crippen LogP contribution in [0.4, 0.5) is 0 Å². The van der Waals surface area contributed by atoms with Gasteiger partial charge in [-0.1, -0.05) is 78.6 Å². The fraction of sp³-hybridized carbons (Fsp3) is 0.619. The van der Waals surface area contributed by atoms with Crippen LogP contribution in [0.3, 0.4) is 0 Å². The number of hydrogen-bond donors (Lipinski definition) is 9. The number of carboxylic acids is 2. The van der Waals surface area contributed by atoms with Crippen LogP contribution >= 0.6 is 0 Å². The van der Waals surface area contributed by atoms with Crippen molar-refractivity contribution in [2.45, 2.75) is 149 Å². The molecule has 0 unspecified atom stereocenters. The number of amides is 7. The zero-order valence-electron chi connectivity index (χ0n) is 36.1. The van der Waals surface area contributed by atoms with Gasteiger partial charge in [-0.3, -0.25) is 47.9 Å². The Morgan fingerprint density at radius 1 is 0.705 bits per heavy atom. The van der Waals surface area contributed by atoms with Crippen molar-refractivity contribution in [3.05, 3.63) is 35.4 Å². The van der Waals surface area contributed by atoms with E-state index >= 15 is 0 Å². The van der Waals surface area contributed by atoms with Crippen molar-refractivity contribution in [1.29, 1.82) is 0 Å². The van der Waals surface area contributed by atoms with Gasteiger partial charge in [-0.15, -0.1) is 0 Å². The Morgan fingerprint density at radius 3 is 1.77 bits per heavy atom. The molecule has 0 spiro atoms. The van der Waals surface area contributed by atoms with Crippen LogP contribution in [0, 0.1) is 24.2 Å². The van der Waals surface area contributed by atoms with Gasteiger partial charge in [-0.05, 0) is 61.5 Å². The molecule has 338 valence electrons. The molecular weight excluding hydrogens is 794 g/mol. The predicted molar refractivity (Wildman–Crippen MR) is 221 cm³/mol. The van der Waals surface area contributed by atoms with Gasteiger partial charge in [0.25, 0.3) is 5.91 Å². The van der Waals surface area contributed by atoms with Crippen molar-refractivity contribution >= 4 is 59.1 Å². The van der Waals surface area contributed by atoms with Gasteiger partial charge in [0.2, 0.25) is 41.2 Å². The van der Waals surface area contributed by atoms with Crippen LogP contribution in [-0.2, 0) is 54.4 Å². The number of ketones is 1. The third-order valence-electron chi connectivity index (χ3n) is 10.0. The van der Waals surface area contributed by atoms with Crippen LogP contribution in [0.15, 0.2) is 24.3 Å². The summed E-state index contributed by atoms with van der Waals surface area (Å²) in [5.41, 5.74) is 5.59. The molecule has 2 rings (SSSR count). The Morgan fingerprint density at radius 2 is 1.25 bits per heavy atom. The average molecular weight is 858 g/mol. The summed E-state index contributed by atoms with van der Waals surface area (Å²) in [4.78, 5) is 129. The minimum absolute atomic E-state index is 0.112. The number of unbranched alkanes of at least 4 members (excludes halogenated alkanes) is 1. The molecule has 0 aromatic heterocycles. The van der Waals surface area contributed by atoms with Gasteiger partial charge in [0.15, 0.2) is 0 Å². The summed E-state index contributed by atoms with van der Waals surface area (Å²) < 4.78 is 0. The highest BCUT2D eigenvalue weighted by Crippen LogP contribution is 2.29. The van der Waals surface area contributed by atoms with E-state index in [2.05, 4.69) is 31.9 Å². The third-order valence-corrected chi connectivity index (χ3v) is 10.0. The standard InChI is InChI=1S/C42H63N7O12/c1-8-9-14-26(33(54)35(43)55)44-38(58)28(19-22(2)3)48-41(61)34(42(5,6)7)49-40(60)29(20-25-13-11-10-12-23(25)4)47-37(57)27(17-18-31(50)51)45-39(59)30(21-32(52)53)46-36(56)24-15-16-24/h10-13,22,24,26-30,34H,8-9,14-21H2,1-7H3,(H2,43,55)(H,44,58)(H,45,59)(H,46,56)(H,47,57)(H,48,61)(H,49,60)(H,50,51)(H,52,53)/t26-,27-,28-,29-,30-,34+/m0/s1. The van der Waals surface area contributed by atoms with Crippen LogP contribution in [-0.4, -0.2) is 106 Å². The number of primary amides is 1. The lowest BCUT2D eigenvalue weighted by molar-refractivity contribution is -0.141. The minimum atomic E-state index is -1.61. The van der Waals surface area contributed by atoms with E-state index in [1.165, 1.54) is 0 Å². The average Bonchev–Trinajstić information content (AvgIpc) is 4.01. The molecule has 1 aromatic carbocycles. The second-order valence-electron chi connectivity index (χ2n) is 17.0. The maximum Gasteiger partial charge on any atom is 0.305 e. The molecule has 7 amide bonds. The quantitative estimate of drug-likeness (QED) is 0.0577. The molecule has 0 bridgehead atoms. The molecule has 0 heterocycles. The van der Waals surface area contributed by atoms with Crippen molar-refractivity contribution < 1.29 is 58.2 Å². The van der Waals surface area contributed by atoms with Gasteiger partial charge >= 0.3 is 11.9 Å². The van der Waals surface area contributed by atoms with Gasteiger partial charge < -0.3 is 47.8 Å². The second kappa shape index (κ2) is 23.8. The molecule has 0 saturated heterocycles. The van der Waals surface area contributed by atoms with Gasteiger partial charge in [-0.2, -0.15) is 0 Å². The molecule has 6 atom stereocenters. The van der Waals surface area contributed by atoms with E-state index in [0.717, 1.165) is 5.56 Å². The SMILES string of the molecule is CCCC[C@H](NC(=O)[C@H](CC(C)C)NC(=O)[C@@H](NC(=O)[C@H](Cc1ccccc1C)NC(=O)[C@H](CCC(=O)O)NC(=O)[C@H](CC(=O)O)NC(=O)C1CC1)C(C)(C)C)C(=O)C(N)=O. The van der Waals surface area contributed by atoms with Crippen LogP contribution in [0.25, 0.3) is 0 Å². The maximum atomic E-state index is 14.3. The van der Waals surface area contributed by atoms with Crippen LogP contribution in [0.5, 0.6) is 0 Å². The number of hydrogen-bond acceptors (Lipinski definition) is 10. The first-order chi connectivity index (χ1) is 28.4. The van der Waals surface area contributed by atoms with Crippen LogP contribution in [0.2, 0.25) is 0 Å². The number of aryl methyl sites for hydroxylation is 1. The molecule has 1 saturated carbocycles. The van der Waals surface area contributed by atoms with Gasteiger partial charge in [0.05, 0.1) is 12.5 Å². The van der Waals surface area contributed by atoms with Gasteiger partial charge in [0.1, 0.15) is 30.2 Å². The number of benzene rings is 1. The Balaban J connectivity index is 2.46. The molecule has 1 fully saturated rings. The van der Waals surface area contributed by atoms with Crippen molar-refractivity contribution in [3.8, 4) is 0 Å². The van der Waals surface area contributed by atoms with E-state index in [0.29, 0.717) is 31.2 Å². The Labute approximate surface area is 355 Å². The highest BCUT2D eigenvalue weighted by Gasteiger charge is 2.39. The van der Waals surface area contributed by atoms with Crippen molar-refractivity contribution in [3.63, 3.8) is 0 Å². The van der Waals surface area contributed by atoms with Crippen molar-refractivity contribution in [1.82, 2.24) is 31.9 Å². The Hall–Kier alpha value is -5.88. The summed E-state index contributed by atoms with van der Waals surface area (Å²) in [6.07, 6.45) is 0.497. The normalized spacial score (nSPS) is 15.4. The fourth-order valence-electron chi connectivity index (χ4n) is 6.37. The minimum Gasteiger partial charge on any atom is -0.481 e. The molecule has 61 heavy (non-hydrogen) atoms. The highest BCUT2D eigenvalue weighted by molar-refractivity contribution is 6.37. The summed E-state index contributed by atoms with van der Waals surface area (Å²) in [5.74, 6) is -10.4. The lowest BCUT2D eigenvalue weighted by Crippen LogP contribution is -2.62. The lowest BCUT2D eigenvalue weighted by Gasteiger charge is -2.34. The number of nitrogens with two attached hydrogens (primary N) is 1. The first kappa shape index (κ1) is 51.3. The van der Waals surface area contributed by atoms with Crippen LogP contribution < -0.4 is 37.6 Å². The van der Waals surface area contributed by atoms with E-state index in [4.69, 9.17) is 5.73 Å². The number of aliphatic carboxylic acids is 2. The van der Waals surface area contributed by atoms with Crippen LogP contribution in [0.1, 0.15) is 110 Å². The van der Waals surface area contributed by atoms with E-state index < -0.39 is 120 Å². The molecule has 1 aliphatic rings. The molecule has 1 aromatic rings. The molecule has 10 N–H and O–H groups in total. The summed E-state index contributed by atoms with van der Waals surface area (Å²) in [6.45, 7) is 12.2. The molecule has 19 nitrogen and oxygen atoms in total. The summed E-state index contributed by atoms with van der Waals surface area (Å²) in [6, 6.07) is -1.43. The highest BCUT2D eigenvalue weighted by atomic mass is 16.4. The fourth-order valence-corrected chi connectivity index (χ4v) is 6.37. The van der Waals surface area contributed by atoms with Gasteiger partial charge in [0, 0.05) is 18.8 Å². The van der Waals surface area contributed by atoms with E-state index in [-0.39, 0.29) is 31.1 Å². The van der Waals surface area contributed by atoms with Crippen molar-refractivity contribution in [2.24, 2.45) is 23.0 Å². The Kier molecular flexibility index (Phi) is 20.0. The first-order valence-corrected chi connectivity index (χ1v) is 20.6. The number of nitrogens with one attached hydrogen (secondary N) is 6. The zero-order chi connectivity index (χ0) is 46.2. The number of carbonyl (C=O) groups is 10.